The van der Waals surface area contributed by atoms with E-state index in [9.17, 15) is 10.1 Å². The van der Waals surface area contributed by atoms with Gasteiger partial charge in [0, 0.05) is 20.7 Å². The Bertz CT molecular complexity index is 1190. The van der Waals surface area contributed by atoms with Crippen molar-refractivity contribution in [3.05, 3.63) is 96.9 Å². The maximum Gasteiger partial charge on any atom is 0.266 e. The third-order valence-corrected chi connectivity index (χ3v) is 5.60. The SMILES string of the molecule is N#C/C(=C\c1cc(Br)ccc1OCc1ccc(Cl)c(Cl)c1)C(=O)Nc1ccc(Cl)cc1. The number of ether oxygens (including phenoxy) is 1. The van der Waals surface area contributed by atoms with Crippen molar-refractivity contribution in [3.63, 3.8) is 0 Å². The topological polar surface area (TPSA) is 62.1 Å². The Labute approximate surface area is 203 Å². The van der Waals surface area contributed by atoms with E-state index >= 15 is 0 Å². The highest BCUT2D eigenvalue weighted by molar-refractivity contribution is 9.10. The number of carbonyl (C=O) groups excluding carboxylic acids is 1. The summed E-state index contributed by atoms with van der Waals surface area (Å²) in [5.74, 6) is -0.0402. The number of carbonyl (C=O) groups is 1. The summed E-state index contributed by atoms with van der Waals surface area (Å²) < 4.78 is 6.68. The Morgan fingerprint density at radius 3 is 2.45 bits per heavy atom. The normalized spacial score (nSPS) is 11.0. The Hall–Kier alpha value is -2.49. The summed E-state index contributed by atoms with van der Waals surface area (Å²) in [5, 5.41) is 13.6. The highest BCUT2D eigenvalue weighted by atomic mass is 79.9. The predicted octanol–water partition coefficient (Wildman–Crippen LogP) is 7.53. The van der Waals surface area contributed by atoms with Crippen molar-refractivity contribution in [2.45, 2.75) is 6.61 Å². The monoisotopic (exact) mass is 534 g/mol. The second kappa shape index (κ2) is 10.7. The minimum absolute atomic E-state index is 0.0764. The first kappa shape index (κ1) is 23.2. The summed E-state index contributed by atoms with van der Waals surface area (Å²) in [6.45, 7) is 0.234. The molecule has 0 atom stereocenters. The van der Waals surface area contributed by atoms with Crippen LogP contribution in [-0.2, 0) is 11.4 Å². The van der Waals surface area contributed by atoms with Crippen LogP contribution in [0, 0.1) is 11.3 Å². The number of nitrogens with one attached hydrogen (secondary N) is 1. The molecular weight excluding hydrogens is 523 g/mol. The van der Waals surface area contributed by atoms with Gasteiger partial charge in [0.2, 0.25) is 0 Å². The van der Waals surface area contributed by atoms with E-state index in [2.05, 4.69) is 21.2 Å². The smallest absolute Gasteiger partial charge is 0.266 e. The Balaban J connectivity index is 1.82. The molecule has 8 heteroatoms. The van der Waals surface area contributed by atoms with E-state index in [0.717, 1.165) is 10.0 Å². The second-order valence-corrected chi connectivity index (χ2v) is 8.52. The number of amides is 1. The largest absolute Gasteiger partial charge is 0.488 e. The highest BCUT2D eigenvalue weighted by Crippen LogP contribution is 2.28. The van der Waals surface area contributed by atoms with Gasteiger partial charge in [-0.1, -0.05) is 56.8 Å². The Morgan fingerprint density at radius 2 is 1.77 bits per heavy atom. The molecule has 0 saturated carbocycles. The van der Waals surface area contributed by atoms with E-state index in [0.29, 0.717) is 32.1 Å². The van der Waals surface area contributed by atoms with E-state index in [1.807, 2.05) is 12.1 Å². The first-order valence-corrected chi connectivity index (χ1v) is 10.8. The molecule has 0 aromatic heterocycles. The zero-order valence-electron chi connectivity index (χ0n) is 15.8. The number of nitriles is 1. The van der Waals surface area contributed by atoms with Crippen molar-refractivity contribution in [3.8, 4) is 11.8 Å². The van der Waals surface area contributed by atoms with Crippen LogP contribution >= 0.6 is 50.7 Å². The first-order chi connectivity index (χ1) is 14.9. The van der Waals surface area contributed by atoms with Crippen molar-refractivity contribution in [1.82, 2.24) is 0 Å². The van der Waals surface area contributed by atoms with Gasteiger partial charge in [-0.25, -0.2) is 0 Å². The van der Waals surface area contributed by atoms with Crippen molar-refractivity contribution in [2.24, 2.45) is 0 Å². The van der Waals surface area contributed by atoms with Crippen LogP contribution < -0.4 is 10.1 Å². The lowest BCUT2D eigenvalue weighted by molar-refractivity contribution is -0.112. The molecule has 1 amide bonds. The summed E-state index contributed by atoms with van der Waals surface area (Å²) in [6, 6.07) is 19.1. The fourth-order valence-electron chi connectivity index (χ4n) is 2.59. The maximum atomic E-state index is 12.6. The molecule has 3 aromatic carbocycles. The molecule has 0 aliphatic carbocycles. The average Bonchev–Trinajstić information content (AvgIpc) is 2.75. The van der Waals surface area contributed by atoms with Gasteiger partial charge >= 0.3 is 0 Å². The number of halogens is 4. The fraction of sp³-hybridized carbons (Fsp3) is 0.0435. The minimum atomic E-state index is -0.541. The lowest BCUT2D eigenvalue weighted by atomic mass is 10.1. The molecule has 0 heterocycles. The third-order valence-electron chi connectivity index (χ3n) is 4.12. The van der Waals surface area contributed by atoms with Crippen molar-refractivity contribution in [1.29, 1.82) is 5.26 Å². The molecular formula is C23H14BrCl3N2O2. The van der Waals surface area contributed by atoms with E-state index in [4.69, 9.17) is 39.5 Å². The van der Waals surface area contributed by atoms with Gasteiger partial charge < -0.3 is 10.1 Å². The second-order valence-electron chi connectivity index (χ2n) is 6.35. The van der Waals surface area contributed by atoms with Crippen LogP contribution in [0.1, 0.15) is 11.1 Å². The number of hydrogen-bond acceptors (Lipinski definition) is 3. The predicted molar refractivity (Wildman–Crippen MR) is 129 cm³/mol. The molecule has 0 bridgehead atoms. The fourth-order valence-corrected chi connectivity index (χ4v) is 3.42. The van der Waals surface area contributed by atoms with Gasteiger partial charge in [0.05, 0.1) is 10.0 Å². The van der Waals surface area contributed by atoms with E-state index in [1.165, 1.54) is 6.08 Å². The zero-order chi connectivity index (χ0) is 22.4. The lowest BCUT2D eigenvalue weighted by Crippen LogP contribution is -2.13. The molecule has 0 radical (unpaired) electrons. The summed E-state index contributed by atoms with van der Waals surface area (Å²) >= 11 is 21.3. The Kier molecular flexibility index (Phi) is 8.00. The number of rotatable bonds is 6. The maximum absolute atomic E-state index is 12.6. The van der Waals surface area contributed by atoms with Crippen LogP contribution in [0.25, 0.3) is 6.08 Å². The van der Waals surface area contributed by atoms with Crippen LogP contribution in [0.5, 0.6) is 5.75 Å². The summed E-state index contributed by atoms with van der Waals surface area (Å²) in [4.78, 5) is 12.6. The van der Waals surface area contributed by atoms with Gasteiger partial charge in [0.25, 0.3) is 5.91 Å². The number of nitrogens with zero attached hydrogens (tertiary/aromatic N) is 1. The van der Waals surface area contributed by atoms with Gasteiger partial charge in [-0.2, -0.15) is 5.26 Å². The molecule has 0 unspecified atom stereocenters. The van der Waals surface area contributed by atoms with Crippen LogP contribution in [-0.4, -0.2) is 5.91 Å². The van der Waals surface area contributed by atoms with Gasteiger partial charge in [0.1, 0.15) is 24.0 Å². The molecule has 3 rings (SSSR count). The molecule has 4 nitrogen and oxygen atoms in total. The molecule has 0 saturated heterocycles. The van der Waals surface area contributed by atoms with Crippen LogP contribution in [0.15, 0.2) is 70.7 Å². The van der Waals surface area contributed by atoms with Crippen molar-refractivity contribution >= 4 is 68.4 Å². The minimum Gasteiger partial charge on any atom is -0.488 e. The van der Waals surface area contributed by atoms with Crippen molar-refractivity contribution in [2.75, 3.05) is 5.32 Å². The highest BCUT2D eigenvalue weighted by Gasteiger charge is 2.12. The molecule has 0 aliphatic heterocycles. The molecule has 0 fully saturated rings. The van der Waals surface area contributed by atoms with Gasteiger partial charge in [-0.15, -0.1) is 0 Å². The summed E-state index contributed by atoms with van der Waals surface area (Å²) in [6.07, 6.45) is 1.47. The molecule has 3 aromatic rings. The number of hydrogen-bond donors (Lipinski definition) is 1. The van der Waals surface area contributed by atoms with Gasteiger partial charge in [-0.05, 0) is 66.2 Å². The molecule has 156 valence electrons. The summed E-state index contributed by atoms with van der Waals surface area (Å²) in [7, 11) is 0. The molecule has 31 heavy (non-hydrogen) atoms. The van der Waals surface area contributed by atoms with Crippen molar-refractivity contribution < 1.29 is 9.53 Å². The van der Waals surface area contributed by atoms with Gasteiger partial charge in [0.15, 0.2) is 0 Å². The van der Waals surface area contributed by atoms with Crippen LogP contribution in [0.4, 0.5) is 5.69 Å². The Morgan fingerprint density at radius 1 is 1.03 bits per heavy atom. The van der Waals surface area contributed by atoms with E-state index in [-0.39, 0.29) is 12.2 Å². The number of anilines is 1. The quantitative estimate of drug-likeness (QED) is 0.262. The standard InChI is InChI=1S/C23H14BrCl3N2O2/c24-17-2-8-22(31-13-14-1-7-20(26)21(27)9-14)15(11-17)10-16(12-28)23(30)29-19-5-3-18(25)4-6-19/h1-11H,13H2,(H,29,30)/b16-10+. The number of benzene rings is 3. The molecule has 1 N–H and O–H groups in total. The van der Waals surface area contributed by atoms with E-state index in [1.54, 1.807) is 54.6 Å². The van der Waals surface area contributed by atoms with Crippen LogP contribution in [0.2, 0.25) is 15.1 Å². The van der Waals surface area contributed by atoms with Crippen LogP contribution in [0.3, 0.4) is 0 Å². The van der Waals surface area contributed by atoms with E-state index < -0.39 is 5.91 Å². The summed E-state index contributed by atoms with van der Waals surface area (Å²) in [5.41, 5.74) is 1.85. The molecule has 0 aliphatic rings. The lowest BCUT2D eigenvalue weighted by Gasteiger charge is -2.11. The zero-order valence-corrected chi connectivity index (χ0v) is 19.7. The molecule has 0 spiro atoms. The first-order valence-electron chi connectivity index (χ1n) is 8.90. The average molecular weight is 537 g/mol. The third kappa shape index (κ3) is 6.49. The van der Waals surface area contributed by atoms with Gasteiger partial charge in [-0.3, -0.25) is 4.79 Å².